The van der Waals surface area contributed by atoms with Crippen molar-refractivity contribution in [1.29, 1.82) is 0 Å². The summed E-state index contributed by atoms with van der Waals surface area (Å²) in [6, 6.07) is 46.8. The molecule has 0 saturated heterocycles. The number of rotatable bonds is 5. The van der Waals surface area contributed by atoms with Gasteiger partial charge in [-0.2, -0.15) is 0 Å². The van der Waals surface area contributed by atoms with Crippen molar-refractivity contribution in [3.8, 4) is 56.3 Å². The average molecular weight is 516 g/mol. The first-order chi connectivity index (χ1) is 19.8. The number of imidazole rings is 1. The molecule has 2 aromatic heterocycles. The second kappa shape index (κ2) is 10.0. The van der Waals surface area contributed by atoms with Gasteiger partial charge in [0.25, 0.3) is 0 Å². The summed E-state index contributed by atoms with van der Waals surface area (Å²) in [5.74, 6) is 0.885. The Kier molecular flexibility index (Phi) is 5.91. The van der Waals surface area contributed by atoms with Gasteiger partial charge in [-0.15, -0.1) is 0 Å². The van der Waals surface area contributed by atoms with Gasteiger partial charge in [0.2, 0.25) is 0 Å². The van der Waals surface area contributed by atoms with Gasteiger partial charge in [0.1, 0.15) is 11.6 Å². The number of hydrogen-bond donors (Lipinski definition) is 1. The molecule has 0 fully saturated rings. The van der Waals surface area contributed by atoms with Crippen LogP contribution in [0.4, 0.5) is 0 Å². The first-order valence-corrected chi connectivity index (χ1v) is 13.2. The van der Waals surface area contributed by atoms with Crippen LogP contribution in [-0.4, -0.2) is 19.6 Å². The van der Waals surface area contributed by atoms with E-state index < -0.39 is 0 Å². The molecule has 0 atom stereocenters. The number of aromatic nitrogens is 3. The third kappa shape index (κ3) is 4.22. The van der Waals surface area contributed by atoms with Crippen molar-refractivity contribution in [2.45, 2.75) is 0 Å². The normalized spacial score (nSPS) is 11.1. The fourth-order valence-electron chi connectivity index (χ4n) is 5.28. The van der Waals surface area contributed by atoms with Gasteiger partial charge in [-0.1, -0.05) is 78.9 Å². The van der Waals surface area contributed by atoms with E-state index in [0.29, 0.717) is 11.4 Å². The highest BCUT2D eigenvalue weighted by atomic mass is 16.3. The Hall–Kier alpha value is -5.48. The van der Waals surface area contributed by atoms with E-state index in [0.717, 1.165) is 50.2 Å². The van der Waals surface area contributed by atoms with Gasteiger partial charge in [0.15, 0.2) is 0 Å². The van der Waals surface area contributed by atoms with Crippen LogP contribution in [-0.2, 0) is 0 Å². The van der Waals surface area contributed by atoms with Gasteiger partial charge < -0.3 is 5.11 Å². The minimum absolute atomic E-state index is 0.194. The summed E-state index contributed by atoms with van der Waals surface area (Å²) in [6.07, 6.45) is 1.82. The molecule has 7 aromatic rings. The highest BCUT2D eigenvalue weighted by molar-refractivity contribution is 5.97. The molecule has 40 heavy (non-hydrogen) atoms. The lowest BCUT2D eigenvalue weighted by molar-refractivity contribution is 0.477. The van der Waals surface area contributed by atoms with Crippen LogP contribution >= 0.6 is 0 Å². The number of hydrogen-bond acceptors (Lipinski definition) is 3. The predicted octanol–water partition coefficient (Wildman–Crippen LogP) is 8.79. The molecule has 0 amide bonds. The summed E-state index contributed by atoms with van der Waals surface area (Å²) in [5.41, 5.74) is 9.75. The molecule has 2 heterocycles. The predicted molar refractivity (Wildman–Crippen MR) is 162 cm³/mol. The Bertz CT molecular complexity index is 1890. The molecular formula is C36H25N3O. The summed E-state index contributed by atoms with van der Waals surface area (Å²) < 4.78 is 2.12. The molecule has 0 aliphatic heterocycles. The highest BCUT2D eigenvalue weighted by Gasteiger charge is 2.20. The van der Waals surface area contributed by atoms with Crippen molar-refractivity contribution < 1.29 is 5.11 Å². The molecule has 0 unspecified atom stereocenters. The molecule has 0 radical (unpaired) electrons. The molecule has 5 aromatic carbocycles. The van der Waals surface area contributed by atoms with Crippen molar-refractivity contribution >= 4 is 11.0 Å². The number of phenols is 1. The standard InChI is InChI=1S/C36H25N3O/c40-34-20-8-7-16-31(34)36-38-35-30(17-11-19-33(35)39(36)29-14-5-2-6-15-29)27-22-26(25-12-3-1-4-13-25)23-28(24-27)32-18-9-10-21-37-32/h1-24,40H. The van der Waals surface area contributed by atoms with E-state index in [2.05, 4.69) is 82.3 Å². The Morgan fingerprint density at radius 2 is 1.20 bits per heavy atom. The molecule has 0 bridgehead atoms. The van der Waals surface area contributed by atoms with Gasteiger partial charge in [0.05, 0.1) is 22.3 Å². The fourth-order valence-corrected chi connectivity index (χ4v) is 5.28. The lowest BCUT2D eigenvalue weighted by Gasteiger charge is -2.12. The van der Waals surface area contributed by atoms with E-state index in [4.69, 9.17) is 4.98 Å². The maximum atomic E-state index is 10.8. The maximum absolute atomic E-state index is 10.8. The van der Waals surface area contributed by atoms with Crippen molar-refractivity contribution in [3.63, 3.8) is 0 Å². The van der Waals surface area contributed by atoms with E-state index >= 15 is 0 Å². The van der Waals surface area contributed by atoms with Crippen LogP contribution in [0.1, 0.15) is 0 Å². The summed E-state index contributed by atoms with van der Waals surface area (Å²) in [6.45, 7) is 0. The fraction of sp³-hybridized carbons (Fsp3) is 0. The van der Waals surface area contributed by atoms with Gasteiger partial charge in [-0.05, 0) is 77.4 Å². The zero-order valence-corrected chi connectivity index (χ0v) is 21.6. The van der Waals surface area contributed by atoms with Crippen LogP contribution < -0.4 is 0 Å². The van der Waals surface area contributed by atoms with Gasteiger partial charge >= 0.3 is 0 Å². The van der Waals surface area contributed by atoms with Crippen LogP contribution in [0.3, 0.4) is 0 Å². The maximum Gasteiger partial charge on any atom is 0.149 e. The van der Waals surface area contributed by atoms with Gasteiger partial charge in [-0.3, -0.25) is 9.55 Å². The number of aromatic hydroxyl groups is 1. The molecule has 0 spiro atoms. The van der Waals surface area contributed by atoms with Crippen molar-refractivity contribution in [1.82, 2.24) is 14.5 Å². The molecule has 0 saturated carbocycles. The van der Waals surface area contributed by atoms with Gasteiger partial charge in [0, 0.05) is 23.0 Å². The number of fused-ring (bicyclic) bond motifs is 1. The van der Waals surface area contributed by atoms with Crippen molar-refractivity contribution in [2.24, 2.45) is 0 Å². The Balaban J connectivity index is 1.52. The third-order valence-corrected chi connectivity index (χ3v) is 7.16. The van der Waals surface area contributed by atoms with Crippen LogP contribution in [0.2, 0.25) is 0 Å². The number of pyridine rings is 1. The van der Waals surface area contributed by atoms with Crippen LogP contribution in [0.5, 0.6) is 5.75 Å². The molecule has 190 valence electrons. The first-order valence-electron chi connectivity index (χ1n) is 13.2. The molecule has 7 rings (SSSR count). The Labute approximate surface area is 232 Å². The van der Waals surface area contributed by atoms with E-state index in [1.54, 1.807) is 6.07 Å². The van der Waals surface area contributed by atoms with E-state index in [9.17, 15) is 5.11 Å². The highest BCUT2D eigenvalue weighted by Crippen LogP contribution is 2.39. The number of para-hydroxylation sites is 3. The van der Waals surface area contributed by atoms with E-state index in [1.165, 1.54) is 0 Å². The first kappa shape index (κ1) is 23.6. The molecule has 0 aliphatic rings. The Morgan fingerprint density at radius 1 is 0.525 bits per heavy atom. The molecule has 4 heteroatoms. The summed E-state index contributed by atoms with van der Waals surface area (Å²) in [4.78, 5) is 9.83. The molecule has 1 N–H and O–H groups in total. The zero-order valence-electron chi connectivity index (χ0n) is 21.6. The Morgan fingerprint density at radius 3 is 1.98 bits per heavy atom. The molecular weight excluding hydrogens is 490 g/mol. The third-order valence-electron chi connectivity index (χ3n) is 7.16. The van der Waals surface area contributed by atoms with Crippen molar-refractivity contribution in [3.05, 3.63) is 146 Å². The summed E-state index contributed by atoms with van der Waals surface area (Å²) in [7, 11) is 0. The molecule has 0 aliphatic carbocycles. The minimum atomic E-state index is 0.194. The number of benzene rings is 5. The SMILES string of the molecule is Oc1ccccc1-c1nc2c(-c3cc(-c4ccccc4)cc(-c4ccccn4)c3)cccc2n1-c1ccccc1. The summed E-state index contributed by atoms with van der Waals surface area (Å²) >= 11 is 0. The average Bonchev–Trinajstić information content (AvgIpc) is 3.42. The lowest BCUT2D eigenvalue weighted by Crippen LogP contribution is -1.97. The van der Waals surface area contributed by atoms with E-state index in [1.807, 2.05) is 66.9 Å². The zero-order chi connectivity index (χ0) is 26.9. The minimum Gasteiger partial charge on any atom is -0.507 e. The molecule has 4 nitrogen and oxygen atoms in total. The lowest BCUT2D eigenvalue weighted by atomic mass is 9.94. The van der Waals surface area contributed by atoms with Crippen LogP contribution in [0.25, 0.3) is 61.6 Å². The number of phenolic OH excluding ortho intramolecular Hbond substituents is 1. The summed E-state index contributed by atoms with van der Waals surface area (Å²) in [5, 5.41) is 10.8. The van der Waals surface area contributed by atoms with E-state index in [-0.39, 0.29) is 5.75 Å². The second-order valence-electron chi connectivity index (χ2n) is 9.68. The topological polar surface area (TPSA) is 50.9 Å². The smallest absolute Gasteiger partial charge is 0.149 e. The second-order valence-corrected chi connectivity index (χ2v) is 9.68. The quantitative estimate of drug-likeness (QED) is 0.249. The van der Waals surface area contributed by atoms with Crippen molar-refractivity contribution in [2.75, 3.05) is 0 Å². The van der Waals surface area contributed by atoms with Crippen LogP contribution in [0, 0.1) is 0 Å². The van der Waals surface area contributed by atoms with Crippen LogP contribution in [0.15, 0.2) is 146 Å². The monoisotopic (exact) mass is 515 g/mol. The van der Waals surface area contributed by atoms with Gasteiger partial charge in [-0.25, -0.2) is 4.98 Å². The number of nitrogens with zero attached hydrogens (tertiary/aromatic N) is 3. The largest absolute Gasteiger partial charge is 0.507 e.